The zero-order valence-corrected chi connectivity index (χ0v) is 21.0. The second-order valence-electron chi connectivity index (χ2n) is 9.42. The number of fused-ring (bicyclic) bond motifs is 5. The SMILES string of the molecule is C=S1(=O)N[C@@H]2CC[C@@]3(S(=O)(=O)c4ccc(Cl)cc4)c4c(F)ccc(F)c4OC[C@H]3[C@@H]2C[C@H]1CC. The summed E-state index contributed by atoms with van der Waals surface area (Å²) in [6, 6.07) is 7.41. The lowest BCUT2D eigenvalue weighted by Crippen LogP contribution is -2.63. The summed E-state index contributed by atoms with van der Waals surface area (Å²) in [5, 5.41) is 0.107. The molecule has 1 saturated heterocycles. The molecule has 0 amide bonds. The Balaban J connectivity index is 1.75. The molecule has 5 rings (SSSR count). The van der Waals surface area contributed by atoms with Gasteiger partial charge in [0.15, 0.2) is 21.4 Å². The van der Waals surface area contributed by atoms with E-state index in [2.05, 4.69) is 10.6 Å². The van der Waals surface area contributed by atoms with Crippen LogP contribution in [0.3, 0.4) is 0 Å². The fourth-order valence-corrected chi connectivity index (χ4v) is 10.8. The van der Waals surface area contributed by atoms with E-state index < -0.39 is 41.8 Å². The van der Waals surface area contributed by atoms with Gasteiger partial charge in [-0.1, -0.05) is 18.5 Å². The van der Waals surface area contributed by atoms with Crippen LogP contribution in [0.1, 0.15) is 38.2 Å². The Kier molecular flexibility index (Phi) is 5.78. The molecule has 2 aromatic carbocycles. The Morgan fingerprint density at radius 2 is 1.88 bits per heavy atom. The van der Waals surface area contributed by atoms with E-state index >= 15 is 4.39 Å². The van der Waals surface area contributed by atoms with Crippen molar-refractivity contribution in [2.45, 2.75) is 53.5 Å². The number of benzene rings is 2. The number of hydrogen-bond donors (Lipinski definition) is 1. The van der Waals surface area contributed by atoms with Crippen LogP contribution in [-0.4, -0.2) is 36.4 Å². The van der Waals surface area contributed by atoms with Crippen molar-refractivity contribution in [3.63, 3.8) is 0 Å². The maximum Gasteiger partial charge on any atom is 0.188 e. The van der Waals surface area contributed by atoms with Crippen LogP contribution in [0.4, 0.5) is 8.78 Å². The molecule has 10 heteroatoms. The lowest BCUT2D eigenvalue weighted by atomic mass is 9.64. The van der Waals surface area contributed by atoms with E-state index in [1.165, 1.54) is 24.3 Å². The van der Waals surface area contributed by atoms with E-state index in [9.17, 15) is 17.0 Å². The van der Waals surface area contributed by atoms with Crippen molar-refractivity contribution < 1.29 is 26.1 Å². The molecule has 6 atom stereocenters. The lowest BCUT2D eigenvalue weighted by Gasteiger charge is -2.55. The summed E-state index contributed by atoms with van der Waals surface area (Å²) in [6.45, 7) is 1.83. The van der Waals surface area contributed by atoms with Crippen molar-refractivity contribution in [3.8, 4) is 5.75 Å². The average molecular weight is 530 g/mol. The minimum Gasteiger partial charge on any atom is -0.490 e. The van der Waals surface area contributed by atoms with Crippen LogP contribution >= 0.6 is 11.6 Å². The smallest absolute Gasteiger partial charge is 0.188 e. The molecular weight excluding hydrogens is 504 g/mol. The third kappa shape index (κ3) is 3.34. The van der Waals surface area contributed by atoms with Crippen LogP contribution in [0.2, 0.25) is 5.02 Å². The maximum atomic E-state index is 15.5. The fourth-order valence-electron chi connectivity index (χ4n) is 6.22. The predicted octanol–water partition coefficient (Wildman–Crippen LogP) is 4.48. The highest BCUT2D eigenvalue weighted by atomic mass is 35.5. The predicted molar refractivity (Wildman–Crippen MR) is 129 cm³/mol. The van der Waals surface area contributed by atoms with Gasteiger partial charge < -0.3 is 4.74 Å². The Morgan fingerprint density at radius 1 is 1.21 bits per heavy atom. The highest BCUT2D eigenvalue weighted by molar-refractivity contribution is 7.99. The van der Waals surface area contributed by atoms with Crippen molar-refractivity contribution in [3.05, 3.63) is 58.6 Å². The molecule has 1 aliphatic carbocycles. The quantitative estimate of drug-likeness (QED) is 0.595. The van der Waals surface area contributed by atoms with Crippen LogP contribution in [-0.2, 0) is 24.3 Å². The maximum absolute atomic E-state index is 15.5. The van der Waals surface area contributed by atoms with Crippen LogP contribution < -0.4 is 9.46 Å². The van der Waals surface area contributed by atoms with Gasteiger partial charge in [0.2, 0.25) is 0 Å². The van der Waals surface area contributed by atoms with Crippen molar-refractivity contribution in [1.29, 1.82) is 0 Å². The molecule has 3 aliphatic rings. The third-order valence-electron chi connectivity index (χ3n) is 7.83. The van der Waals surface area contributed by atoms with Crippen molar-refractivity contribution in [2.75, 3.05) is 6.61 Å². The summed E-state index contributed by atoms with van der Waals surface area (Å²) in [4.78, 5) is -0.00590. The first-order valence-electron chi connectivity index (χ1n) is 11.3. The van der Waals surface area contributed by atoms with E-state index in [0.717, 1.165) is 12.1 Å². The van der Waals surface area contributed by atoms with E-state index in [-0.39, 0.29) is 46.4 Å². The highest BCUT2D eigenvalue weighted by Gasteiger charge is 2.63. The Bertz CT molecular complexity index is 1350. The molecule has 0 spiro atoms. The van der Waals surface area contributed by atoms with Crippen molar-refractivity contribution in [1.82, 2.24) is 4.72 Å². The van der Waals surface area contributed by atoms with Gasteiger partial charge >= 0.3 is 0 Å². The zero-order chi connectivity index (χ0) is 24.5. The van der Waals surface area contributed by atoms with Gasteiger partial charge in [-0.2, -0.15) is 0 Å². The molecule has 1 unspecified atom stereocenters. The number of rotatable bonds is 3. The molecule has 2 heterocycles. The Morgan fingerprint density at radius 3 is 2.56 bits per heavy atom. The molecule has 0 aromatic heterocycles. The molecule has 5 nitrogen and oxygen atoms in total. The van der Waals surface area contributed by atoms with Crippen LogP contribution in [0.15, 0.2) is 41.3 Å². The minimum atomic E-state index is -4.22. The summed E-state index contributed by atoms with van der Waals surface area (Å²) in [7, 11) is -6.78. The van der Waals surface area contributed by atoms with Gasteiger partial charge in [-0.05, 0) is 73.9 Å². The minimum absolute atomic E-state index is 0.00590. The molecule has 184 valence electrons. The van der Waals surface area contributed by atoms with Gasteiger partial charge in [0.25, 0.3) is 0 Å². The van der Waals surface area contributed by atoms with Crippen LogP contribution in [0, 0.1) is 23.5 Å². The van der Waals surface area contributed by atoms with Gasteiger partial charge in [0, 0.05) is 31.9 Å². The Hall–Kier alpha value is -1.68. The molecule has 1 saturated carbocycles. The van der Waals surface area contributed by atoms with E-state index in [1.807, 2.05) is 6.92 Å². The lowest BCUT2D eigenvalue weighted by molar-refractivity contribution is 0.0501. The fraction of sp³-hybridized carbons (Fsp3) is 0.458. The van der Waals surface area contributed by atoms with E-state index in [0.29, 0.717) is 24.3 Å². The highest BCUT2D eigenvalue weighted by Crippen LogP contribution is 2.59. The van der Waals surface area contributed by atoms with Gasteiger partial charge in [-0.25, -0.2) is 21.9 Å². The molecule has 0 bridgehead atoms. The molecule has 2 aromatic rings. The van der Waals surface area contributed by atoms with E-state index in [4.69, 9.17) is 16.3 Å². The number of halogens is 3. The summed E-state index contributed by atoms with van der Waals surface area (Å²) >= 11 is 5.99. The van der Waals surface area contributed by atoms with Crippen LogP contribution in [0.5, 0.6) is 5.75 Å². The molecule has 0 radical (unpaired) electrons. The van der Waals surface area contributed by atoms with Crippen molar-refractivity contribution in [2.24, 2.45) is 11.8 Å². The average Bonchev–Trinajstić information content (AvgIpc) is 2.79. The number of ether oxygens (including phenoxy) is 1. The van der Waals surface area contributed by atoms with Crippen molar-refractivity contribution >= 4 is 37.0 Å². The van der Waals surface area contributed by atoms with E-state index in [1.54, 1.807) is 0 Å². The van der Waals surface area contributed by atoms with Gasteiger partial charge in [-0.15, -0.1) is 0 Å². The summed E-state index contributed by atoms with van der Waals surface area (Å²) < 4.78 is 79.3. The second kappa shape index (κ2) is 8.18. The van der Waals surface area contributed by atoms with Gasteiger partial charge in [-0.3, -0.25) is 4.21 Å². The first-order valence-corrected chi connectivity index (χ1v) is 14.9. The summed E-state index contributed by atoms with van der Waals surface area (Å²) in [6.07, 6.45) is 1.42. The molecule has 1 N–H and O–H groups in total. The first kappa shape index (κ1) is 24.0. The van der Waals surface area contributed by atoms with Crippen LogP contribution in [0.25, 0.3) is 0 Å². The standard InChI is InChI=1S/C24H26ClF2NO4S2/c1-3-15-12-17-18-13-32-23-20(27)9-8-19(26)22(23)24(18,11-10-21(17)28-33(15,2)29)34(30,31)16-6-4-14(25)5-7-16/h4-9,15,17-18,21H,2-3,10-13H2,1H3,(H,28,29)/t15-,17+,18+,21-,24+,33?/m1/s1. The number of sulfone groups is 1. The molecular formula is C24H26ClF2NO4S2. The molecule has 34 heavy (non-hydrogen) atoms. The summed E-state index contributed by atoms with van der Waals surface area (Å²) in [5.41, 5.74) is -0.244. The Labute approximate surface area is 203 Å². The topological polar surface area (TPSA) is 72.5 Å². The van der Waals surface area contributed by atoms with Gasteiger partial charge in [0.1, 0.15) is 10.6 Å². The largest absolute Gasteiger partial charge is 0.490 e. The number of hydrogen-bond acceptors (Lipinski definition) is 4. The number of nitrogens with one attached hydrogen (secondary N) is 1. The third-order valence-corrected chi connectivity index (χ3v) is 13.0. The first-order chi connectivity index (χ1) is 16.0. The normalized spacial score (nSPS) is 34.9. The zero-order valence-electron chi connectivity index (χ0n) is 18.6. The summed E-state index contributed by atoms with van der Waals surface area (Å²) in [5.74, 6) is 1.01. The molecule has 2 fully saturated rings. The molecule has 2 aliphatic heterocycles. The monoisotopic (exact) mass is 529 g/mol. The second-order valence-corrected chi connectivity index (χ2v) is 14.4. The van der Waals surface area contributed by atoms with Gasteiger partial charge in [0.05, 0.1) is 17.1 Å².